The van der Waals surface area contributed by atoms with E-state index in [1.54, 1.807) is 7.11 Å². The first-order valence-electron chi connectivity index (χ1n) is 11.2. The normalized spacial score (nSPS) is 24.3. The second-order valence-corrected chi connectivity index (χ2v) is 8.44. The molecule has 2 aliphatic rings. The molecule has 2 fully saturated rings. The van der Waals surface area contributed by atoms with Gasteiger partial charge in [0.05, 0.1) is 26.4 Å². The van der Waals surface area contributed by atoms with Gasteiger partial charge >= 0.3 is 6.03 Å². The lowest BCUT2D eigenvalue weighted by molar-refractivity contribution is -0.0847. The van der Waals surface area contributed by atoms with Gasteiger partial charge in [-0.1, -0.05) is 30.3 Å². The van der Waals surface area contributed by atoms with Gasteiger partial charge < -0.3 is 24.8 Å². The lowest BCUT2D eigenvalue weighted by Gasteiger charge is -2.32. The molecule has 0 unspecified atom stereocenters. The van der Waals surface area contributed by atoms with Crippen LogP contribution in [0.3, 0.4) is 0 Å². The zero-order valence-electron chi connectivity index (χ0n) is 18.5. The quantitative estimate of drug-likeness (QED) is 0.742. The zero-order chi connectivity index (χ0) is 21.7. The molecule has 2 aliphatic heterocycles. The number of ether oxygens (including phenoxy) is 3. The van der Waals surface area contributed by atoms with Crippen LogP contribution in [0.25, 0.3) is 10.8 Å². The molecule has 2 amide bonds. The summed E-state index contributed by atoms with van der Waals surface area (Å²) < 4.78 is 18.0. The molecule has 0 aromatic heterocycles. The summed E-state index contributed by atoms with van der Waals surface area (Å²) >= 11 is 0. The van der Waals surface area contributed by atoms with Crippen molar-refractivity contribution >= 4 is 16.8 Å². The third-order valence-electron chi connectivity index (χ3n) is 6.18. The molecule has 2 aromatic rings. The molecular formula is C24H33N3O4. The van der Waals surface area contributed by atoms with Gasteiger partial charge in [0.25, 0.3) is 0 Å². The van der Waals surface area contributed by atoms with E-state index in [2.05, 4.69) is 45.9 Å². The maximum atomic E-state index is 11.7. The number of nitrogens with one attached hydrogen (secondary N) is 2. The summed E-state index contributed by atoms with van der Waals surface area (Å²) in [5.74, 6) is 0.900. The number of methoxy groups -OCH3 is 1. The average Bonchev–Trinajstić information content (AvgIpc) is 3.07. The first kappa shape index (κ1) is 21.9. The van der Waals surface area contributed by atoms with E-state index in [0.717, 1.165) is 43.6 Å². The van der Waals surface area contributed by atoms with E-state index in [9.17, 15) is 4.79 Å². The van der Waals surface area contributed by atoms with Gasteiger partial charge in [-0.15, -0.1) is 0 Å². The second kappa shape index (κ2) is 9.85. The number of rotatable bonds is 6. The Labute approximate surface area is 184 Å². The molecule has 2 aromatic carbocycles. The third-order valence-corrected chi connectivity index (χ3v) is 6.18. The summed E-state index contributed by atoms with van der Waals surface area (Å²) in [5.41, 5.74) is 0.965. The number of amides is 2. The fourth-order valence-corrected chi connectivity index (χ4v) is 4.70. The molecule has 0 aliphatic carbocycles. The molecule has 2 N–H and O–H groups in total. The van der Waals surface area contributed by atoms with Crippen LogP contribution in [0, 0.1) is 0 Å². The minimum absolute atomic E-state index is 0.0213. The van der Waals surface area contributed by atoms with Crippen LogP contribution in [0.15, 0.2) is 36.4 Å². The van der Waals surface area contributed by atoms with Crippen molar-refractivity contribution in [2.45, 2.75) is 38.0 Å². The highest BCUT2D eigenvalue weighted by Gasteiger charge is 2.43. The van der Waals surface area contributed by atoms with Crippen molar-refractivity contribution in [3.63, 3.8) is 0 Å². The van der Waals surface area contributed by atoms with E-state index in [1.807, 2.05) is 13.0 Å². The fraction of sp³-hybridized carbons (Fsp3) is 0.542. The maximum absolute atomic E-state index is 11.7. The van der Waals surface area contributed by atoms with Crippen molar-refractivity contribution in [1.29, 1.82) is 0 Å². The average molecular weight is 428 g/mol. The number of hydrogen-bond acceptors (Lipinski definition) is 5. The lowest BCUT2D eigenvalue weighted by Crippen LogP contribution is -2.46. The van der Waals surface area contributed by atoms with Gasteiger partial charge in [0.2, 0.25) is 0 Å². The second-order valence-electron chi connectivity index (χ2n) is 8.44. The molecule has 31 heavy (non-hydrogen) atoms. The van der Waals surface area contributed by atoms with Crippen LogP contribution in [0.5, 0.6) is 5.75 Å². The van der Waals surface area contributed by atoms with Crippen LogP contribution in [0.1, 0.15) is 25.3 Å². The highest BCUT2D eigenvalue weighted by molar-refractivity contribution is 5.91. The minimum atomic E-state index is -0.313. The number of urea groups is 1. The van der Waals surface area contributed by atoms with Crippen LogP contribution in [0.2, 0.25) is 0 Å². The van der Waals surface area contributed by atoms with E-state index >= 15 is 0 Å². The molecule has 2 atom stereocenters. The molecule has 0 bridgehead atoms. The Kier molecular flexibility index (Phi) is 6.95. The van der Waals surface area contributed by atoms with Gasteiger partial charge in [-0.2, -0.15) is 0 Å². The molecule has 7 heteroatoms. The van der Waals surface area contributed by atoms with Crippen molar-refractivity contribution in [2.24, 2.45) is 0 Å². The number of benzene rings is 2. The SMILES string of the molecule is CCNC(=O)NC[C@H]1CC[C@]2(COCCN(Cc3ccc(OC)c4ccccc34)C2)O1. The van der Waals surface area contributed by atoms with Crippen LogP contribution < -0.4 is 15.4 Å². The summed E-state index contributed by atoms with van der Waals surface area (Å²) in [4.78, 5) is 14.1. The Balaban J connectivity index is 1.44. The van der Waals surface area contributed by atoms with E-state index < -0.39 is 0 Å². The monoisotopic (exact) mass is 427 g/mol. The molecule has 4 rings (SSSR count). The van der Waals surface area contributed by atoms with E-state index in [-0.39, 0.29) is 17.7 Å². The smallest absolute Gasteiger partial charge is 0.314 e. The Morgan fingerprint density at radius 2 is 2.06 bits per heavy atom. The first-order valence-corrected chi connectivity index (χ1v) is 11.2. The van der Waals surface area contributed by atoms with Crippen molar-refractivity contribution in [2.75, 3.05) is 46.5 Å². The molecule has 2 saturated heterocycles. The lowest BCUT2D eigenvalue weighted by atomic mass is 9.99. The predicted octanol–water partition coefficient (Wildman–Crippen LogP) is 2.92. The standard InChI is InChI=1S/C24H33N3O4/c1-3-25-23(28)26-14-19-10-11-24(31-19)16-27(12-13-30-17-24)15-18-8-9-22(29-2)21-7-5-4-6-20(18)21/h4-9,19H,3,10-17H2,1-2H3,(H2,25,26,28)/t19-,24+/m1/s1. The number of fused-ring (bicyclic) bond motifs is 1. The van der Waals surface area contributed by atoms with Crippen LogP contribution in [-0.4, -0.2) is 69.1 Å². The summed E-state index contributed by atoms with van der Waals surface area (Å²) in [6.07, 6.45) is 1.89. The van der Waals surface area contributed by atoms with Gasteiger partial charge in [-0.25, -0.2) is 4.79 Å². The van der Waals surface area contributed by atoms with E-state index in [4.69, 9.17) is 14.2 Å². The fourth-order valence-electron chi connectivity index (χ4n) is 4.70. The van der Waals surface area contributed by atoms with E-state index in [1.165, 1.54) is 10.9 Å². The Bertz CT molecular complexity index is 906. The molecule has 0 saturated carbocycles. The molecule has 7 nitrogen and oxygen atoms in total. The third kappa shape index (κ3) is 5.11. The van der Waals surface area contributed by atoms with Crippen molar-refractivity contribution in [3.8, 4) is 5.75 Å². The predicted molar refractivity (Wildman–Crippen MR) is 121 cm³/mol. The first-order chi connectivity index (χ1) is 15.1. The minimum Gasteiger partial charge on any atom is -0.496 e. The Morgan fingerprint density at radius 1 is 1.23 bits per heavy atom. The summed E-state index contributed by atoms with van der Waals surface area (Å²) in [7, 11) is 1.71. The largest absolute Gasteiger partial charge is 0.496 e. The van der Waals surface area contributed by atoms with Crippen molar-refractivity contribution in [3.05, 3.63) is 42.0 Å². The highest BCUT2D eigenvalue weighted by Crippen LogP contribution is 2.34. The van der Waals surface area contributed by atoms with Gasteiger partial charge in [-0.3, -0.25) is 4.90 Å². The topological polar surface area (TPSA) is 72.1 Å². The van der Waals surface area contributed by atoms with Crippen LogP contribution in [-0.2, 0) is 16.0 Å². The highest BCUT2D eigenvalue weighted by atomic mass is 16.6. The van der Waals surface area contributed by atoms with Crippen LogP contribution in [0.4, 0.5) is 4.79 Å². The maximum Gasteiger partial charge on any atom is 0.314 e. The molecule has 0 radical (unpaired) electrons. The van der Waals surface area contributed by atoms with E-state index in [0.29, 0.717) is 26.3 Å². The van der Waals surface area contributed by atoms with Crippen molar-refractivity contribution < 1.29 is 19.0 Å². The number of carbonyl (C=O) groups excluding carboxylic acids is 1. The summed E-state index contributed by atoms with van der Waals surface area (Å²) in [6, 6.07) is 12.5. The van der Waals surface area contributed by atoms with Gasteiger partial charge in [0.15, 0.2) is 0 Å². The Hall–Kier alpha value is -2.35. The molecule has 1 spiro atoms. The zero-order valence-corrected chi connectivity index (χ0v) is 18.5. The number of carbonyl (C=O) groups is 1. The summed E-state index contributed by atoms with van der Waals surface area (Å²) in [5, 5.41) is 8.02. The molecule has 168 valence electrons. The van der Waals surface area contributed by atoms with Gasteiger partial charge in [0.1, 0.15) is 11.4 Å². The number of hydrogen-bond donors (Lipinski definition) is 2. The molecular weight excluding hydrogens is 394 g/mol. The van der Waals surface area contributed by atoms with Gasteiger partial charge in [0, 0.05) is 38.1 Å². The van der Waals surface area contributed by atoms with Crippen molar-refractivity contribution in [1.82, 2.24) is 15.5 Å². The Morgan fingerprint density at radius 3 is 2.87 bits per heavy atom. The van der Waals surface area contributed by atoms with Gasteiger partial charge in [-0.05, 0) is 36.8 Å². The number of nitrogens with zero attached hydrogens (tertiary/aromatic N) is 1. The summed E-state index contributed by atoms with van der Waals surface area (Å²) in [6.45, 7) is 6.87. The van der Waals surface area contributed by atoms with Crippen LogP contribution >= 0.6 is 0 Å². The molecule has 2 heterocycles.